The zero-order valence-electron chi connectivity index (χ0n) is 13.0. The van der Waals surface area contributed by atoms with Crippen LogP contribution in [0, 0.1) is 0 Å². The van der Waals surface area contributed by atoms with E-state index in [1.165, 1.54) is 17.0 Å². The van der Waals surface area contributed by atoms with Gasteiger partial charge in [-0.05, 0) is 29.6 Å². The number of thiophene rings is 1. The van der Waals surface area contributed by atoms with E-state index in [0.29, 0.717) is 18.7 Å². The predicted octanol–water partition coefficient (Wildman–Crippen LogP) is 3.31. The van der Waals surface area contributed by atoms with Crippen molar-refractivity contribution in [3.05, 3.63) is 52.2 Å². The van der Waals surface area contributed by atoms with Gasteiger partial charge < -0.3 is 9.64 Å². The van der Waals surface area contributed by atoms with Crippen molar-refractivity contribution < 1.29 is 18.3 Å². The predicted molar refractivity (Wildman–Crippen MR) is 88.6 cm³/mol. The molecule has 1 fully saturated rings. The van der Waals surface area contributed by atoms with E-state index in [-0.39, 0.29) is 11.7 Å². The molecule has 0 saturated carbocycles. The normalized spacial score (nSPS) is 15.7. The number of carbonyl (C=O) groups excluding carboxylic acids is 1. The molecule has 7 heteroatoms. The Hall–Kier alpha value is -1.99. The molecule has 1 saturated heterocycles. The average molecular weight is 352 g/mol. The van der Waals surface area contributed by atoms with E-state index < -0.39 is 6.61 Å². The minimum Gasteiger partial charge on any atom is -0.435 e. The number of nitrogens with zero attached hydrogens (tertiary/aromatic N) is 2. The van der Waals surface area contributed by atoms with E-state index in [2.05, 4.69) is 21.1 Å². The summed E-state index contributed by atoms with van der Waals surface area (Å²) in [6.07, 6.45) is 0. The lowest BCUT2D eigenvalue weighted by Crippen LogP contribution is -2.48. The molecule has 128 valence electrons. The number of ether oxygens (including phenoxy) is 1. The average Bonchev–Trinajstić information content (AvgIpc) is 3.07. The van der Waals surface area contributed by atoms with Gasteiger partial charge in [0, 0.05) is 43.2 Å². The van der Waals surface area contributed by atoms with Crippen molar-refractivity contribution >= 4 is 17.2 Å². The van der Waals surface area contributed by atoms with Gasteiger partial charge >= 0.3 is 6.61 Å². The number of alkyl halides is 2. The first-order valence-corrected chi connectivity index (χ1v) is 8.58. The number of amides is 1. The van der Waals surface area contributed by atoms with Gasteiger partial charge in [-0.15, -0.1) is 11.3 Å². The second-order valence-corrected chi connectivity index (χ2v) is 6.59. The Balaban J connectivity index is 1.57. The lowest BCUT2D eigenvalue weighted by Gasteiger charge is -2.34. The first kappa shape index (κ1) is 16.9. The van der Waals surface area contributed by atoms with Crippen molar-refractivity contribution in [2.45, 2.75) is 13.2 Å². The van der Waals surface area contributed by atoms with E-state index >= 15 is 0 Å². The summed E-state index contributed by atoms with van der Waals surface area (Å²) in [4.78, 5) is 17.9. The van der Waals surface area contributed by atoms with E-state index in [1.54, 1.807) is 28.4 Å². The van der Waals surface area contributed by atoms with E-state index in [0.717, 1.165) is 19.6 Å². The van der Waals surface area contributed by atoms with Gasteiger partial charge in [-0.3, -0.25) is 9.69 Å². The summed E-state index contributed by atoms with van der Waals surface area (Å²) in [6, 6.07) is 10.1. The molecule has 1 aromatic carbocycles. The third-order valence-corrected chi connectivity index (χ3v) is 4.79. The number of piperazine rings is 1. The maximum Gasteiger partial charge on any atom is 0.387 e. The van der Waals surface area contributed by atoms with Gasteiger partial charge in [-0.2, -0.15) is 8.78 Å². The van der Waals surface area contributed by atoms with Crippen LogP contribution in [-0.2, 0) is 6.54 Å². The molecule has 1 aromatic heterocycles. The first-order chi connectivity index (χ1) is 11.6. The zero-order chi connectivity index (χ0) is 16.9. The molecule has 0 bridgehead atoms. The van der Waals surface area contributed by atoms with Crippen LogP contribution in [0.15, 0.2) is 41.8 Å². The Morgan fingerprint density at radius 3 is 2.62 bits per heavy atom. The minimum atomic E-state index is -2.89. The molecule has 1 aliphatic rings. The Kier molecular flexibility index (Phi) is 5.42. The second-order valence-electron chi connectivity index (χ2n) is 5.55. The monoisotopic (exact) mass is 352 g/mol. The lowest BCUT2D eigenvalue weighted by atomic mass is 10.1. The van der Waals surface area contributed by atoms with E-state index in [1.807, 2.05) is 6.07 Å². The van der Waals surface area contributed by atoms with Crippen LogP contribution in [0.2, 0.25) is 0 Å². The molecule has 0 N–H and O–H groups in total. The molecular formula is C17H18F2N2O2S. The van der Waals surface area contributed by atoms with Gasteiger partial charge in [0.1, 0.15) is 5.75 Å². The van der Waals surface area contributed by atoms with Gasteiger partial charge in [0.25, 0.3) is 5.91 Å². The largest absolute Gasteiger partial charge is 0.435 e. The number of benzene rings is 1. The fraction of sp³-hybridized carbons (Fsp3) is 0.353. The number of hydrogen-bond acceptors (Lipinski definition) is 4. The Labute approximate surface area is 143 Å². The van der Waals surface area contributed by atoms with Crippen molar-refractivity contribution in [2.24, 2.45) is 0 Å². The summed E-state index contributed by atoms with van der Waals surface area (Å²) in [6.45, 7) is 0.871. The number of hydrogen-bond donors (Lipinski definition) is 0. The molecule has 0 spiro atoms. The van der Waals surface area contributed by atoms with Crippen LogP contribution in [0.25, 0.3) is 0 Å². The third kappa shape index (κ3) is 4.30. The maximum absolute atomic E-state index is 12.5. The molecule has 0 aliphatic carbocycles. The second kappa shape index (κ2) is 7.72. The summed E-state index contributed by atoms with van der Waals surface area (Å²) in [7, 11) is 0. The fourth-order valence-corrected chi connectivity index (χ4v) is 3.47. The molecule has 1 aliphatic heterocycles. The molecule has 0 radical (unpaired) electrons. The molecule has 24 heavy (non-hydrogen) atoms. The molecule has 2 aromatic rings. The minimum absolute atomic E-state index is 0.00665. The zero-order valence-corrected chi connectivity index (χ0v) is 13.8. The first-order valence-electron chi connectivity index (χ1n) is 7.71. The van der Waals surface area contributed by atoms with Crippen LogP contribution >= 0.6 is 11.3 Å². The summed E-state index contributed by atoms with van der Waals surface area (Å²) in [5.74, 6) is -0.141. The van der Waals surface area contributed by atoms with Crippen molar-refractivity contribution in [3.63, 3.8) is 0 Å². The van der Waals surface area contributed by atoms with Crippen LogP contribution in [0.5, 0.6) is 5.75 Å². The Bertz CT molecular complexity index is 671. The topological polar surface area (TPSA) is 32.8 Å². The number of halogens is 2. The summed E-state index contributed by atoms with van der Waals surface area (Å²) >= 11 is 1.73. The maximum atomic E-state index is 12.5. The van der Waals surface area contributed by atoms with Crippen LogP contribution in [-0.4, -0.2) is 48.5 Å². The van der Waals surface area contributed by atoms with Crippen LogP contribution in [0.1, 0.15) is 15.2 Å². The Morgan fingerprint density at radius 2 is 1.96 bits per heavy atom. The fourth-order valence-electron chi connectivity index (χ4n) is 2.72. The van der Waals surface area contributed by atoms with Crippen molar-refractivity contribution in [2.75, 3.05) is 26.2 Å². The van der Waals surface area contributed by atoms with Crippen LogP contribution in [0.3, 0.4) is 0 Å². The highest BCUT2D eigenvalue weighted by molar-refractivity contribution is 7.09. The summed E-state index contributed by atoms with van der Waals surface area (Å²) < 4.78 is 28.9. The van der Waals surface area contributed by atoms with Crippen LogP contribution in [0.4, 0.5) is 8.78 Å². The highest BCUT2D eigenvalue weighted by atomic mass is 32.1. The molecule has 0 atom stereocenters. The van der Waals surface area contributed by atoms with Crippen LogP contribution < -0.4 is 4.74 Å². The summed E-state index contributed by atoms with van der Waals surface area (Å²) in [5.41, 5.74) is 0.375. The van der Waals surface area contributed by atoms with Crippen molar-refractivity contribution in [3.8, 4) is 5.75 Å². The molecule has 0 unspecified atom stereocenters. The third-order valence-electron chi connectivity index (χ3n) is 3.93. The molecule has 2 heterocycles. The SMILES string of the molecule is O=C(c1cccc(OC(F)F)c1)N1CCN(Cc2cccs2)CC1. The molecule has 3 rings (SSSR count). The molecule has 1 amide bonds. The van der Waals surface area contributed by atoms with Gasteiger partial charge in [-0.1, -0.05) is 12.1 Å². The van der Waals surface area contributed by atoms with E-state index in [9.17, 15) is 13.6 Å². The quantitative estimate of drug-likeness (QED) is 0.828. The van der Waals surface area contributed by atoms with Gasteiger partial charge in [-0.25, -0.2) is 0 Å². The molecule has 4 nitrogen and oxygen atoms in total. The van der Waals surface area contributed by atoms with E-state index in [4.69, 9.17) is 0 Å². The molecular weight excluding hydrogens is 334 g/mol. The highest BCUT2D eigenvalue weighted by Crippen LogP contribution is 2.19. The number of carbonyl (C=O) groups is 1. The van der Waals surface area contributed by atoms with Gasteiger partial charge in [0.2, 0.25) is 0 Å². The number of rotatable bonds is 5. The smallest absolute Gasteiger partial charge is 0.387 e. The lowest BCUT2D eigenvalue weighted by molar-refractivity contribution is -0.0499. The van der Waals surface area contributed by atoms with Crippen molar-refractivity contribution in [1.82, 2.24) is 9.80 Å². The standard InChI is InChI=1S/C17H18F2N2O2S/c18-17(19)23-14-4-1-3-13(11-14)16(22)21-8-6-20(7-9-21)12-15-5-2-10-24-15/h1-5,10-11,17H,6-9,12H2. The van der Waals surface area contributed by atoms with Crippen molar-refractivity contribution in [1.29, 1.82) is 0 Å². The highest BCUT2D eigenvalue weighted by Gasteiger charge is 2.22. The Morgan fingerprint density at radius 1 is 1.17 bits per heavy atom. The van der Waals surface area contributed by atoms with Gasteiger partial charge in [0.15, 0.2) is 0 Å². The van der Waals surface area contributed by atoms with Gasteiger partial charge in [0.05, 0.1) is 0 Å². The summed E-state index contributed by atoms with van der Waals surface area (Å²) in [5, 5.41) is 2.06.